The monoisotopic (exact) mass is 953 g/mol. The molecule has 0 saturated heterocycles. The molecule has 0 aromatic rings. The molecule has 3 unspecified atom stereocenters. The van der Waals surface area contributed by atoms with Crippen LogP contribution >= 0.6 is 7.82 Å². The number of aliphatic hydroxyl groups is 1. The van der Waals surface area contributed by atoms with Crippen LogP contribution in [0.25, 0.3) is 0 Å². The zero-order chi connectivity index (χ0) is 48.4. The Hall–Kier alpha value is -2.56. The predicted molar refractivity (Wildman–Crippen MR) is 270 cm³/mol. The van der Waals surface area contributed by atoms with Crippen molar-refractivity contribution in [2.24, 2.45) is 0 Å². The van der Waals surface area contributed by atoms with E-state index in [1.165, 1.54) is 83.5 Å². The van der Waals surface area contributed by atoms with Crippen LogP contribution < -0.4 is 0 Å². The van der Waals surface area contributed by atoms with Crippen LogP contribution in [0.2, 0.25) is 0 Å². The summed E-state index contributed by atoms with van der Waals surface area (Å²) in [6, 6.07) is 0. The Morgan fingerprint density at radius 3 is 1.26 bits per heavy atom. The van der Waals surface area contributed by atoms with Gasteiger partial charge in [-0.15, -0.1) is 0 Å². The molecule has 3 atom stereocenters. The summed E-state index contributed by atoms with van der Waals surface area (Å²) in [7, 11) is -4.75. The third-order valence-corrected chi connectivity index (χ3v) is 12.2. The van der Waals surface area contributed by atoms with Gasteiger partial charge in [-0.2, -0.15) is 0 Å². The smallest absolute Gasteiger partial charge is 0.462 e. The summed E-state index contributed by atoms with van der Waals surface area (Å²) in [6.45, 7) is 4.47. The van der Waals surface area contributed by atoms with E-state index in [-0.39, 0.29) is 25.9 Å². The molecule has 0 aromatic heterocycles. The van der Waals surface area contributed by atoms with E-state index in [1.54, 1.807) is 0 Å². The van der Waals surface area contributed by atoms with Gasteiger partial charge >= 0.3 is 25.7 Å². The van der Waals surface area contributed by atoms with E-state index in [1.807, 2.05) is 0 Å². The van der Waals surface area contributed by atoms with Crippen LogP contribution in [-0.4, -0.2) is 66.5 Å². The number of aliphatic hydroxyl groups excluding tert-OH is 1. The molecule has 0 aliphatic heterocycles. The number of phosphoric ester groups is 1. The van der Waals surface area contributed by atoms with Crippen molar-refractivity contribution < 1.29 is 52.2 Å². The first kappa shape index (κ1) is 63.4. The summed E-state index contributed by atoms with van der Waals surface area (Å²) in [5.74, 6) is -1.50. The van der Waals surface area contributed by atoms with Crippen LogP contribution in [0.3, 0.4) is 0 Å². The highest BCUT2D eigenvalue weighted by molar-refractivity contribution is 7.47. The lowest BCUT2D eigenvalue weighted by atomic mass is 10.0. The van der Waals surface area contributed by atoms with E-state index >= 15 is 0 Å². The van der Waals surface area contributed by atoms with Crippen molar-refractivity contribution in [1.82, 2.24) is 0 Å². The molecule has 0 amide bonds. The van der Waals surface area contributed by atoms with Crippen LogP contribution in [0.4, 0.5) is 0 Å². The van der Waals surface area contributed by atoms with Crippen molar-refractivity contribution >= 4 is 25.7 Å². The summed E-state index contributed by atoms with van der Waals surface area (Å²) in [6.07, 6.45) is 49.4. The molecule has 12 heteroatoms. The Balaban J connectivity index is 4.76. The molecule has 0 radical (unpaired) electrons. The first-order valence-corrected chi connectivity index (χ1v) is 28.0. The zero-order valence-corrected chi connectivity index (χ0v) is 43.1. The highest BCUT2D eigenvalue weighted by Crippen LogP contribution is 2.43. The van der Waals surface area contributed by atoms with E-state index in [2.05, 4.69) is 69.4 Å². The quantitative estimate of drug-likeness (QED) is 0.0197. The summed E-state index contributed by atoms with van der Waals surface area (Å²) in [4.78, 5) is 48.3. The number of rotatable bonds is 49. The number of ether oxygens (including phenoxy) is 3. The lowest BCUT2D eigenvalue weighted by Crippen LogP contribution is -2.30. The van der Waals surface area contributed by atoms with Gasteiger partial charge in [0.2, 0.25) is 0 Å². The van der Waals surface area contributed by atoms with Crippen molar-refractivity contribution in [3.05, 3.63) is 48.6 Å². The first-order chi connectivity index (χ1) is 32.2. The predicted octanol–water partition coefficient (Wildman–Crippen LogP) is 15.0. The molecule has 2 N–H and O–H groups in total. The normalized spacial score (nSPS) is 13.8. The number of hydrogen-bond donors (Lipinski definition) is 2. The number of carbonyl (C=O) groups is 3. The van der Waals surface area contributed by atoms with Crippen molar-refractivity contribution in [3.8, 4) is 0 Å². The molecular formula is C54H97O11P. The second kappa shape index (κ2) is 48.9. The van der Waals surface area contributed by atoms with E-state index in [0.29, 0.717) is 19.3 Å². The van der Waals surface area contributed by atoms with Gasteiger partial charge in [0.05, 0.1) is 19.8 Å². The van der Waals surface area contributed by atoms with Gasteiger partial charge in [0.1, 0.15) is 12.7 Å². The lowest BCUT2D eigenvalue weighted by molar-refractivity contribution is -0.161. The van der Waals surface area contributed by atoms with Crippen LogP contribution in [0, 0.1) is 0 Å². The molecule has 0 aliphatic rings. The zero-order valence-electron chi connectivity index (χ0n) is 42.2. The van der Waals surface area contributed by atoms with E-state index < -0.39 is 57.8 Å². The van der Waals surface area contributed by atoms with Gasteiger partial charge in [0, 0.05) is 19.3 Å². The average Bonchev–Trinajstić information content (AvgIpc) is 3.30. The van der Waals surface area contributed by atoms with Crippen LogP contribution in [0.15, 0.2) is 48.6 Å². The topological polar surface area (TPSA) is 155 Å². The fraction of sp³-hybridized carbons (Fsp3) is 0.796. The van der Waals surface area contributed by atoms with E-state index in [0.717, 1.165) is 96.3 Å². The number of carbonyl (C=O) groups excluding carboxylic acids is 3. The summed E-state index contributed by atoms with van der Waals surface area (Å²) in [5.41, 5.74) is 0. The summed E-state index contributed by atoms with van der Waals surface area (Å²) >= 11 is 0. The Morgan fingerprint density at radius 1 is 0.439 bits per heavy atom. The fourth-order valence-corrected chi connectivity index (χ4v) is 7.97. The molecule has 11 nitrogen and oxygen atoms in total. The minimum atomic E-state index is -4.75. The van der Waals surface area contributed by atoms with Gasteiger partial charge in [-0.25, -0.2) is 4.57 Å². The Labute approximate surface area is 403 Å². The highest BCUT2D eigenvalue weighted by atomic mass is 31.2. The maximum atomic E-state index is 12.8. The van der Waals surface area contributed by atoms with Gasteiger partial charge in [0.25, 0.3) is 0 Å². The first-order valence-electron chi connectivity index (χ1n) is 26.5. The Kier molecular flexibility index (Phi) is 47.0. The second-order valence-electron chi connectivity index (χ2n) is 17.7. The number of phosphoric acid groups is 1. The van der Waals surface area contributed by atoms with E-state index in [4.69, 9.17) is 23.3 Å². The highest BCUT2D eigenvalue weighted by Gasteiger charge is 2.28. The summed E-state index contributed by atoms with van der Waals surface area (Å²) in [5, 5.41) is 9.77. The number of hydrogen-bond acceptors (Lipinski definition) is 10. The van der Waals surface area contributed by atoms with Crippen LogP contribution in [-0.2, 0) is 42.2 Å². The van der Waals surface area contributed by atoms with E-state index in [9.17, 15) is 28.9 Å². The number of allylic oxidation sites excluding steroid dienone is 8. The average molecular weight is 953 g/mol. The minimum absolute atomic E-state index is 0.134. The van der Waals surface area contributed by atoms with Crippen molar-refractivity contribution in [3.63, 3.8) is 0 Å². The van der Waals surface area contributed by atoms with Crippen LogP contribution in [0.1, 0.15) is 239 Å². The van der Waals surface area contributed by atoms with Crippen molar-refractivity contribution in [2.45, 2.75) is 251 Å². The van der Waals surface area contributed by atoms with Crippen molar-refractivity contribution in [1.29, 1.82) is 0 Å². The fourth-order valence-electron chi connectivity index (χ4n) is 7.19. The molecular weight excluding hydrogens is 856 g/mol. The molecule has 0 bridgehead atoms. The maximum absolute atomic E-state index is 12.8. The molecule has 0 aromatic carbocycles. The molecule has 0 heterocycles. The van der Waals surface area contributed by atoms with Gasteiger partial charge < -0.3 is 24.2 Å². The van der Waals surface area contributed by atoms with Gasteiger partial charge in [0.15, 0.2) is 6.10 Å². The third-order valence-electron chi connectivity index (χ3n) is 11.2. The Bertz CT molecular complexity index is 1300. The van der Waals surface area contributed by atoms with Gasteiger partial charge in [-0.05, 0) is 77.0 Å². The largest absolute Gasteiger partial charge is 0.472 e. The molecule has 66 heavy (non-hydrogen) atoms. The second-order valence-corrected chi connectivity index (χ2v) is 19.1. The molecule has 0 fully saturated rings. The lowest BCUT2D eigenvalue weighted by Gasteiger charge is -2.21. The summed E-state index contributed by atoms with van der Waals surface area (Å²) < 4.78 is 39.3. The molecule has 0 saturated carbocycles. The third kappa shape index (κ3) is 46.5. The SMILES string of the molecule is CC/C=C\C/C=C\C/C=C\CCCCCC(=O)OC(COC(=O)CCCCCCCCCCCCCCC)COP(=O)(O)OCC(CO)OC(=O)CCCCCCC/C=C\CCCCCC. The maximum Gasteiger partial charge on any atom is 0.472 e. The molecule has 0 aliphatic carbocycles. The minimum Gasteiger partial charge on any atom is -0.462 e. The number of unbranched alkanes of at least 4 members (excludes halogenated alkanes) is 24. The molecule has 0 spiro atoms. The molecule has 0 rings (SSSR count). The Morgan fingerprint density at radius 2 is 0.788 bits per heavy atom. The van der Waals surface area contributed by atoms with Gasteiger partial charge in [-0.1, -0.05) is 191 Å². The van der Waals surface area contributed by atoms with Gasteiger partial charge in [-0.3, -0.25) is 23.4 Å². The van der Waals surface area contributed by atoms with Crippen LogP contribution in [0.5, 0.6) is 0 Å². The standard InChI is InChI=1S/C54H97O11P/c1-4-7-10-13-16-19-22-25-28-31-34-37-40-43-52(56)61-47-51(65-54(58)45-42-39-36-33-30-27-24-21-18-15-12-9-6-3)49-63-66(59,60)62-48-50(46-55)64-53(57)44-41-38-35-32-29-26-23-20-17-14-11-8-5-2/h9,12,18,20-21,23,27,30,50-51,55H,4-8,10-11,13-17,19,22,24-26,28-29,31-49H2,1-3H3,(H,59,60)/b12-9-,21-18-,23-20-,30-27-. The molecule has 384 valence electrons. The van der Waals surface area contributed by atoms with Crippen molar-refractivity contribution in [2.75, 3.05) is 26.4 Å². The number of esters is 3.